The van der Waals surface area contributed by atoms with Crippen LogP contribution in [0, 0.1) is 0 Å². The van der Waals surface area contributed by atoms with Crippen LogP contribution in [-0.2, 0) is 76.3 Å². The van der Waals surface area contributed by atoms with Gasteiger partial charge in [-0.3, -0.25) is 48.5 Å². The van der Waals surface area contributed by atoms with Crippen LogP contribution >= 0.6 is 0 Å². The largest absolute Gasteiger partial charge is 0.464 e. The van der Waals surface area contributed by atoms with Crippen molar-refractivity contribution in [3.8, 4) is 0 Å². The molecule has 27 heteroatoms. The zero-order valence-corrected chi connectivity index (χ0v) is 59.5. The number of cyclic esters (lactones) is 7. The SMILES string of the molecule is CC1CCC(=O)N(CCO)C(C)CCC(=O)N(CCO)C(C)CCCCCCCCC(=O)OCCN1.CC1CCC(=O)OCCNC(C)CCC(=O)OCCNC(C)CCC(=O)OCNC(C)CCC(=O)OCCNC(C)CCC(=O)OCCNC(C)CCC(=O)OCCN1. The van der Waals surface area contributed by atoms with Crippen LogP contribution < -0.4 is 37.2 Å². The summed E-state index contributed by atoms with van der Waals surface area (Å²) in [5, 5.41) is 41.6. The van der Waals surface area contributed by atoms with E-state index >= 15 is 0 Å². The average molecular weight is 1360 g/mol. The van der Waals surface area contributed by atoms with Crippen LogP contribution in [0.3, 0.4) is 0 Å². The van der Waals surface area contributed by atoms with Crippen molar-refractivity contribution in [2.24, 2.45) is 0 Å². The predicted octanol–water partition coefficient (Wildman–Crippen LogP) is 4.39. The smallest absolute Gasteiger partial charge is 0.307 e. The minimum atomic E-state index is -0.336. The maximum atomic E-state index is 13.0. The Kier molecular flexibility index (Phi) is 52.6. The van der Waals surface area contributed by atoms with Crippen LogP contribution in [0.4, 0.5) is 0 Å². The van der Waals surface area contributed by atoms with Gasteiger partial charge in [0.15, 0.2) is 0 Å². The monoisotopic (exact) mass is 1360 g/mol. The normalized spacial score (nSPS) is 27.7. The molecule has 0 saturated carbocycles. The van der Waals surface area contributed by atoms with Crippen LogP contribution in [-0.4, -0.2) is 240 Å². The molecule has 0 aromatic carbocycles. The van der Waals surface area contributed by atoms with E-state index < -0.39 is 0 Å². The van der Waals surface area contributed by atoms with Crippen molar-refractivity contribution in [2.45, 2.75) is 271 Å². The lowest BCUT2D eigenvalue weighted by Crippen LogP contribution is -2.43. The molecule has 9 unspecified atom stereocenters. The number of aliphatic hydroxyl groups is 2. The van der Waals surface area contributed by atoms with Gasteiger partial charge >= 0.3 is 41.8 Å². The van der Waals surface area contributed by atoms with Crippen LogP contribution in [0.25, 0.3) is 0 Å². The Balaban J connectivity index is 0.00000107. The number of hydrogen-bond acceptors (Lipinski definition) is 25. The molecule has 2 amide bonds. The van der Waals surface area contributed by atoms with Crippen molar-refractivity contribution in [1.29, 1.82) is 0 Å². The fourth-order valence-electron chi connectivity index (χ4n) is 10.4. The molecule has 95 heavy (non-hydrogen) atoms. The van der Waals surface area contributed by atoms with E-state index in [1.807, 2.05) is 62.3 Å². The molecule has 552 valence electrons. The highest BCUT2D eigenvalue weighted by Crippen LogP contribution is 2.17. The maximum Gasteiger partial charge on any atom is 0.307 e. The van der Waals surface area contributed by atoms with Gasteiger partial charge in [0.2, 0.25) is 11.8 Å². The predicted molar refractivity (Wildman–Crippen MR) is 361 cm³/mol. The van der Waals surface area contributed by atoms with E-state index in [-0.39, 0.29) is 206 Å². The first kappa shape index (κ1) is 87.9. The molecule has 0 radical (unpaired) electrons. The number of nitrogens with zero attached hydrogens (tertiary/aromatic N) is 2. The summed E-state index contributed by atoms with van der Waals surface area (Å²) in [5.41, 5.74) is 0. The van der Waals surface area contributed by atoms with Crippen molar-refractivity contribution < 1.29 is 86.5 Å². The van der Waals surface area contributed by atoms with E-state index in [0.29, 0.717) is 123 Å². The summed E-state index contributed by atoms with van der Waals surface area (Å²) in [5.74, 6) is -2.03. The molecule has 0 spiro atoms. The molecular formula is C68H127N9O18. The molecule has 2 saturated heterocycles. The Morgan fingerprint density at radius 2 is 0.537 bits per heavy atom. The molecule has 2 heterocycles. The molecule has 0 aromatic heterocycles. The van der Waals surface area contributed by atoms with Crippen molar-refractivity contribution in [1.82, 2.24) is 47.0 Å². The Morgan fingerprint density at radius 1 is 0.295 bits per heavy atom. The summed E-state index contributed by atoms with van der Waals surface area (Å²) in [7, 11) is 0. The van der Waals surface area contributed by atoms with Gasteiger partial charge in [0, 0.05) is 165 Å². The van der Waals surface area contributed by atoms with E-state index in [1.165, 1.54) is 0 Å². The van der Waals surface area contributed by atoms with Crippen molar-refractivity contribution >= 4 is 53.6 Å². The van der Waals surface area contributed by atoms with E-state index in [2.05, 4.69) is 37.2 Å². The topological polar surface area (TPSA) is 349 Å². The second-order valence-electron chi connectivity index (χ2n) is 25.5. The number of aliphatic hydroxyl groups excluding tert-OH is 2. The highest BCUT2D eigenvalue weighted by atomic mass is 16.6. The average Bonchev–Trinajstić information content (AvgIpc) is 1.22. The molecule has 2 fully saturated rings. The van der Waals surface area contributed by atoms with Gasteiger partial charge in [-0.25, -0.2) is 0 Å². The molecule has 0 bridgehead atoms. The second-order valence-corrected chi connectivity index (χ2v) is 25.5. The molecule has 27 nitrogen and oxygen atoms in total. The first-order chi connectivity index (χ1) is 45.5. The van der Waals surface area contributed by atoms with E-state index in [1.54, 1.807) is 9.80 Å². The van der Waals surface area contributed by atoms with E-state index in [4.69, 9.17) is 33.2 Å². The number of rotatable bonds is 4. The number of carbonyl (C=O) groups is 9. The second kappa shape index (κ2) is 56.8. The van der Waals surface area contributed by atoms with Crippen molar-refractivity contribution in [2.75, 3.05) is 112 Å². The van der Waals surface area contributed by atoms with E-state index in [0.717, 1.165) is 44.9 Å². The molecule has 9 N–H and O–H groups in total. The summed E-state index contributed by atoms with van der Waals surface area (Å²) in [6.07, 6.45) is 14.1. The number of amides is 2. The van der Waals surface area contributed by atoms with Gasteiger partial charge in [-0.1, -0.05) is 32.1 Å². The summed E-state index contributed by atoms with van der Waals surface area (Å²) >= 11 is 0. The highest BCUT2D eigenvalue weighted by Gasteiger charge is 2.25. The Labute approximate surface area is 567 Å². The third-order valence-electron chi connectivity index (χ3n) is 16.7. The lowest BCUT2D eigenvalue weighted by atomic mass is 10.0. The van der Waals surface area contributed by atoms with Gasteiger partial charge in [0.25, 0.3) is 0 Å². The van der Waals surface area contributed by atoms with Crippen LogP contribution in [0.5, 0.6) is 0 Å². The third-order valence-corrected chi connectivity index (χ3v) is 16.7. The van der Waals surface area contributed by atoms with Gasteiger partial charge < -0.3 is 85.1 Å². The standard InChI is InChI=1S/C41H76N6O12.C27H51N3O6/c1-30-7-14-37(49)55-25-21-44-32(3)9-16-39(51)57-27-23-46-34(5)11-18-41(53)59-29-47-35(6)12-17-40(52)58-28-22-45-33(4)10-15-38(50)56-26-20-43-31(2)8-13-36(48)54-24-19-42-30;1-22-12-14-25(33)30(18-20-32)24(3)13-15-26(34)29(17-19-31)23(2)10-8-6-4-5-7-9-11-27(35)36-21-16-28-22/h30-35,42-47H,7-29H2,1-6H3;22-24,28,31-32H,4-21H2,1-3H3. The molecule has 9 atom stereocenters. The quantitative estimate of drug-likeness (QED) is 0.139. The molecule has 0 aromatic rings. The minimum Gasteiger partial charge on any atom is -0.464 e. The van der Waals surface area contributed by atoms with Crippen LogP contribution in [0.2, 0.25) is 0 Å². The number of esters is 7. The highest BCUT2D eigenvalue weighted by molar-refractivity contribution is 5.78. The molecule has 2 aliphatic rings. The zero-order valence-electron chi connectivity index (χ0n) is 59.5. The Morgan fingerprint density at radius 3 is 0.853 bits per heavy atom. The lowest BCUT2D eigenvalue weighted by molar-refractivity contribution is -0.146. The lowest BCUT2D eigenvalue weighted by Gasteiger charge is -2.32. The number of nitrogens with one attached hydrogen (secondary N) is 7. The van der Waals surface area contributed by atoms with Gasteiger partial charge in [-0.05, 0) is 127 Å². The fourth-order valence-corrected chi connectivity index (χ4v) is 10.4. The van der Waals surface area contributed by atoms with Gasteiger partial charge in [-0.2, -0.15) is 0 Å². The summed E-state index contributed by atoms with van der Waals surface area (Å²) in [6.45, 7) is 22.3. The maximum absolute atomic E-state index is 13.0. The summed E-state index contributed by atoms with van der Waals surface area (Å²) < 4.78 is 37.2. The third kappa shape index (κ3) is 50.0. The number of hydrogen-bond donors (Lipinski definition) is 9. The molecule has 0 aliphatic carbocycles. The first-order valence-electron chi connectivity index (χ1n) is 35.6. The molecule has 2 aliphatic heterocycles. The van der Waals surface area contributed by atoms with Crippen LogP contribution in [0.1, 0.15) is 216 Å². The molecular weight excluding hydrogens is 1230 g/mol. The number of ether oxygens (including phenoxy) is 7. The first-order valence-corrected chi connectivity index (χ1v) is 35.6. The van der Waals surface area contributed by atoms with Gasteiger partial charge in [-0.15, -0.1) is 0 Å². The van der Waals surface area contributed by atoms with E-state index in [9.17, 15) is 53.4 Å². The van der Waals surface area contributed by atoms with Crippen molar-refractivity contribution in [3.05, 3.63) is 0 Å². The Bertz CT molecular complexity index is 2100. The minimum absolute atomic E-state index is 0.000961. The molecule has 2 rings (SSSR count). The number of β-amino-alcohol motifs (C(OH)–C–C–N with tert-alkyl or cyclic N) is 2. The van der Waals surface area contributed by atoms with Crippen LogP contribution in [0.15, 0.2) is 0 Å². The summed E-state index contributed by atoms with van der Waals surface area (Å²) in [4.78, 5) is 114. The van der Waals surface area contributed by atoms with Gasteiger partial charge in [0.05, 0.1) is 13.2 Å². The summed E-state index contributed by atoms with van der Waals surface area (Å²) in [6, 6.07) is 0.0237. The number of carbonyl (C=O) groups excluding carboxylic acids is 9. The van der Waals surface area contributed by atoms with Crippen molar-refractivity contribution in [3.63, 3.8) is 0 Å². The Hall–Kier alpha value is -5.13. The fraction of sp³-hybridized carbons (Fsp3) is 0.868. The zero-order chi connectivity index (χ0) is 70.4. The van der Waals surface area contributed by atoms with Gasteiger partial charge in [0.1, 0.15) is 46.4 Å².